The Balaban J connectivity index is 1.71. The van der Waals surface area contributed by atoms with Gasteiger partial charge in [0.2, 0.25) is 5.91 Å². The minimum atomic E-state index is -0.0993. The average molecular weight is 274 g/mol. The van der Waals surface area contributed by atoms with Crippen LogP contribution >= 0.6 is 0 Å². The molecule has 3 rings (SSSR count). The van der Waals surface area contributed by atoms with Gasteiger partial charge in [0.25, 0.3) is 0 Å². The Bertz CT molecular complexity index is 503. The third kappa shape index (κ3) is 2.34. The molecule has 0 saturated carbocycles. The highest BCUT2D eigenvalue weighted by atomic mass is 16.3. The van der Waals surface area contributed by atoms with Crippen LogP contribution in [-0.2, 0) is 11.2 Å². The first kappa shape index (κ1) is 13.6. The van der Waals surface area contributed by atoms with Gasteiger partial charge >= 0.3 is 0 Å². The number of fused-ring (bicyclic) bond motifs is 1. The second kappa shape index (κ2) is 5.54. The lowest BCUT2D eigenvalue weighted by Crippen LogP contribution is -2.46. The maximum Gasteiger partial charge on any atom is 0.244 e. The average Bonchev–Trinajstić information content (AvgIpc) is 3.12. The Labute approximate surface area is 120 Å². The first-order valence-corrected chi connectivity index (χ1v) is 7.45. The molecule has 108 valence electrons. The van der Waals surface area contributed by atoms with E-state index < -0.39 is 0 Å². The van der Waals surface area contributed by atoms with Crippen molar-refractivity contribution in [3.63, 3.8) is 0 Å². The van der Waals surface area contributed by atoms with Crippen LogP contribution in [0.25, 0.3) is 0 Å². The van der Waals surface area contributed by atoms with Crippen molar-refractivity contribution in [2.75, 3.05) is 31.1 Å². The number of hydrogen-bond donors (Lipinski definition) is 1. The molecule has 2 aliphatic rings. The van der Waals surface area contributed by atoms with E-state index in [0.29, 0.717) is 5.92 Å². The molecule has 0 spiro atoms. The summed E-state index contributed by atoms with van der Waals surface area (Å²) in [6, 6.07) is 8.06. The fraction of sp³-hybridized carbons (Fsp3) is 0.562. The summed E-state index contributed by atoms with van der Waals surface area (Å²) in [7, 11) is 0. The number of aliphatic hydroxyl groups is 1. The standard InChI is InChI=1S/C16H22N2O2/c1-12(17-8-6-13(10-17)11-19)16(20)18-9-7-14-4-2-3-5-15(14)18/h2-5,12-13,19H,6-11H2,1H3. The van der Waals surface area contributed by atoms with Crippen molar-refractivity contribution in [3.05, 3.63) is 29.8 Å². The lowest BCUT2D eigenvalue weighted by atomic mass is 10.1. The molecule has 0 aromatic heterocycles. The number of carbonyl (C=O) groups is 1. The van der Waals surface area contributed by atoms with Crippen molar-refractivity contribution in [1.82, 2.24) is 4.90 Å². The SMILES string of the molecule is CC(C(=O)N1CCc2ccccc21)N1CCC(CO)C1. The lowest BCUT2D eigenvalue weighted by molar-refractivity contribution is -0.122. The first-order chi connectivity index (χ1) is 9.70. The molecule has 2 unspecified atom stereocenters. The van der Waals surface area contributed by atoms with Crippen LogP contribution in [0.4, 0.5) is 5.69 Å². The Morgan fingerprint density at radius 2 is 2.20 bits per heavy atom. The van der Waals surface area contributed by atoms with Crippen molar-refractivity contribution in [2.24, 2.45) is 5.92 Å². The van der Waals surface area contributed by atoms with Gasteiger partial charge in [-0.15, -0.1) is 0 Å². The van der Waals surface area contributed by atoms with Crippen molar-refractivity contribution in [3.8, 4) is 0 Å². The number of para-hydroxylation sites is 1. The molecule has 1 aromatic rings. The van der Waals surface area contributed by atoms with Crippen molar-refractivity contribution in [1.29, 1.82) is 0 Å². The van der Waals surface area contributed by atoms with Crippen LogP contribution < -0.4 is 4.90 Å². The molecule has 1 saturated heterocycles. The summed E-state index contributed by atoms with van der Waals surface area (Å²) in [4.78, 5) is 16.8. The maximum atomic E-state index is 12.7. The Morgan fingerprint density at radius 1 is 1.40 bits per heavy atom. The first-order valence-electron chi connectivity index (χ1n) is 7.45. The number of amides is 1. The molecule has 2 atom stereocenters. The normalized spacial score (nSPS) is 23.9. The second-order valence-corrected chi connectivity index (χ2v) is 5.88. The van der Waals surface area contributed by atoms with E-state index in [2.05, 4.69) is 11.0 Å². The molecule has 2 heterocycles. The van der Waals surface area contributed by atoms with E-state index in [4.69, 9.17) is 0 Å². The van der Waals surface area contributed by atoms with E-state index in [-0.39, 0.29) is 18.6 Å². The van der Waals surface area contributed by atoms with Crippen LogP contribution in [0.15, 0.2) is 24.3 Å². The summed E-state index contributed by atoms with van der Waals surface area (Å²) in [5.41, 5.74) is 2.34. The predicted octanol–water partition coefficient (Wildman–Crippen LogP) is 1.28. The summed E-state index contributed by atoms with van der Waals surface area (Å²) < 4.78 is 0. The van der Waals surface area contributed by atoms with Gasteiger partial charge in [-0.3, -0.25) is 9.69 Å². The van der Waals surface area contributed by atoms with E-state index >= 15 is 0 Å². The molecule has 1 N–H and O–H groups in total. The zero-order valence-corrected chi connectivity index (χ0v) is 12.0. The highest BCUT2D eigenvalue weighted by Crippen LogP contribution is 2.29. The second-order valence-electron chi connectivity index (χ2n) is 5.88. The zero-order chi connectivity index (χ0) is 14.1. The molecule has 0 bridgehead atoms. The van der Waals surface area contributed by atoms with Gasteiger partial charge in [-0.05, 0) is 43.9 Å². The Hall–Kier alpha value is -1.39. The van der Waals surface area contributed by atoms with Gasteiger partial charge in [-0.2, -0.15) is 0 Å². The lowest BCUT2D eigenvalue weighted by Gasteiger charge is -2.28. The fourth-order valence-electron chi connectivity index (χ4n) is 3.31. The largest absolute Gasteiger partial charge is 0.396 e. The summed E-state index contributed by atoms with van der Waals surface area (Å²) in [6.45, 7) is 4.75. The van der Waals surface area contributed by atoms with Crippen LogP contribution in [0.5, 0.6) is 0 Å². The van der Waals surface area contributed by atoms with Crippen LogP contribution in [0.2, 0.25) is 0 Å². The molecule has 0 radical (unpaired) electrons. The number of nitrogens with zero attached hydrogens (tertiary/aromatic N) is 2. The van der Waals surface area contributed by atoms with Gasteiger partial charge in [-0.1, -0.05) is 18.2 Å². The smallest absolute Gasteiger partial charge is 0.244 e. The van der Waals surface area contributed by atoms with Crippen LogP contribution in [-0.4, -0.2) is 48.2 Å². The predicted molar refractivity (Wildman–Crippen MR) is 78.7 cm³/mol. The fourth-order valence-corrected chi connectivity index (χ4v) is 3.31. The van der Waals surface area contributed by atoms with Gasteiger partial charge in [0.1, 0.15) is 0 Å². The number of rotatable bonds is 3. The van der Waals surface area contributed by atoms with Gasteiger partial charge in [0.15, 0.2) is 0 Å². The molecule has 1 fully saturated rings. The summed E-state index contributed by atoms with van der Waals surface area (Å²) >= 11 is 0. The summed E-state index contributed by atoms with van der Waals surface area (Å²) in [5.74, 6) is 0.518. The molecule has 1 aromatic carbocycles. The molecule has 20 heavy (non-hydrogen) atoms. The molecule has 2 aliphatic heterocycles. The molecular formula is C16H22N2O2. The minimum Gasteiger partial charge on any atom is -0.396 e. The van der Waals surface area contributed by atoms with Crippen LogP contribution in [0.3, 0.4) is 0 Å². The Kier molecular flexibility index (Phi) is 3.76. The molecule has 0 aliphatic carbocycles. The van der Waals surface area contributed by atoms with Gasteiger partial charge in [0, 0.05) is 25.4 Å². The number of likely N-dealkylation sites (tertiary alicyclic amines) is 1. The van der Waals surface area contributed by atoms with E-state index in [1.165, 1.54) is 5.56 Å². The minimum absolute atomic E-state index is 0.0993. The molecule has 4 nitrogen and oxygen atoms in total. The zero-order valence-electron chi connectivity index (χ0n) is 12.0. The quantitative estimate of drug-likeness (QED) is 0.903. The van der Waals surface area contributed by atoms with E-state index in [0.717, 1.165) is 38.2 Å². The van der Waals surface area contributed by atoms with Crippen LogP contribution in [0.1, 0.15) is 18.9 Å². The van der Waals surface area contributed by atoms with Crippen molar-refractivity contribution >= 4 is 11.6 Å². The number of aliphatic hydroxyl groups excluding tert-OH is 1. The molecule has 1 amide bonds. The number of anilines is 1. The molecular weight excluding hydrogens is 252 g/mol. The highest BCUT2D eigenvalue weighted by Gasteiger charge is 2.34. The van der Waals surface area contributed by atoms with Gasteiger partial charge in [0.05, 0.1) is 6.04 Å². The van der Waals surface area contributed by atoms with E-state index in [1.807, 2.05) is 30.0 Å². The summed E-state index contributed by atoms with van der Waals surface area (Å²) in [6.07, 6.45) is 1.94. The van der Waals surface area contributed by atoms with Crippen molar-refractivity contribution < 1.29 is 9.90 Å². The Morgan fingerprint density at radius 3 is 2.95 bits per heavy atom. The summed E-state index contributed by atoms with van der Waals surface area (Å²) in [5, 5.41) is 9.22. The topological polar surface area (TPSA) is 43.8 Å². The number of benzene rings is 1. The third-order valence-corrected chi connectivity index (χ3v) is 4.63. The number of carbonyl (C=O) groups excluding carboxylic acids is 1. The molecule has 4 heteroatoms. The van der Waals surface area contributed by atoms with E-state index in [1.54, 1.807) is 0 Å². The van der Waals surface area contributed by atoms with Crippen LogP contribution in [0, 0.1) is 5.92 Å². The van der Waals surface area contributed by atoms with Crippen molar-refractivity contribution in [2.45, 2.75) is 25.8 Å². The van der Waals surface area contributed by atoms with Gasteiger partial charge < -0.3 is 10.0 Å². The highest BCUT2D eigenvalue weighted by molar-refractivity contribution is 5.98. The maximum absolute atomic E-state index is 12.7. The third-order valence-electron chi connectivity index (χ3n) is 4.63. The number of hydrogen-bond acceptors (Lipinski definition) is 3. The van der Waals surface area contributed by atoms with E-state index in [9.17, 15) is 9.90 Å². The monoisotopic (exact) mass is 274 g/mol. The van der Waals surface area contributed by atoms with Gasteiger partial charge in [-0.25, -0.2) is 0 Å².